The van der Waals surface area contributed by atoms with E-state index in [1.165, 1.54) is 0 Å². The number of pyridine rings is 1. The van der Waals surface area contributed by atoms with Gasteiger partial charge in [0.1, 0.15) is 5.60 Å². The maximum atomic E-state index is 12.6. The van der Waals surface area contributed by atoms with E-state index in [2.05, 4.69) is 17.2 Å². The molecule has 0 aliphatic carbocycles. The summed E-state index contributed by atoms with van der Waals surface area (Å²) in [7, 11) is 1.58. The van der Waals surface area contributed by atoms with Gasteiger partial charge in [-0.1, -0.05) is 33.1 Å². The zero-order valence-electron chi connectivity index (χ0n) is 15.1. The van der Waals surface area contributed by atoms with Gasteiger partial charge in [0.05, 0.1) is 18.0 Å². The molecule has 1 aromatic rings. The Labute approximate surface area is 139 Å². The molecule has 0 spiro atoms. The highest BCUT2D eigenvalue weighted by Gasteiger charge is 2.32. The number of rotatable bonds is 10. The summed E-state index contributed by atoms with van der Waals surface area (Å²) < 4.78 is 11.0. The van der Waals surface area contributed by atoms with Gasteiger partial charge in [0.25, 0.3) is 5.91 Å². The van der Waals surface area contributed by atoms with Crippen molar-refractivity contribution in [1.29, 1.82) is 0 Å². The van der Waals surface area contributed by atoms with Crippen molar-refractivity contribution in [3.05, 3.63) is 17.8 Å². The molecule has 0 saturated carbocycles. The highest BCUT2D eigenvalue weighted by Crippen LogP contribution is 2.23. The molecule has 0 saturated heterocycles. The number of anilines is 1. The van der Waals surface area contributed by atoms with Crippen molar-refractivity contribution < 1.29 is 14.3 Å². The Bertz CT molecular complexity index is 505. The van der Waals surface area contributed by atoms with Crippen LogP contribution in [0.1, 0.15) is 58.6 Å². The smallest absolute Gasteiger partial charge is 0.256 e. The molecule has 0 aromatic carbocycles. The molecule has 1 atom stereocenters. The SMILES string of the molecule is CCCCCC(C)(OC)C(=O)Nc1ccc(OCCC)nc1C. The van der Waals surface area contributed by atoms with Crippen LogP contribution >= 0.6 is 0 Å². The van der Waals surface area contributed by atoms with Crippen LogP contribution in [0.4, 0.5) is 5.69 Å². The number of nitrogens with zero attached hydrogens (tertiary/aromatic N) is 1. The van der Waals surface area contributed by atoms with E-state index in [0.717, 1.165) is 31.4 Å². The highest BCUT2D eigenvalue weighted by atomic mass is 16.5. The molecule has 1 N–H and O–H groups in total. The van der Waals surface area contributed by atoms with Gasteiger partial charge in [0.2, 0.25) is 5.88 Å². The Kier molecular flexibility index (Phi) is 8.03. The number of aryl methyl sites for hydroxylation is 1. The first-order valence-electron chi connectivity index (χ1n) is 8.43. The van der Waals surface area contributed by atoms with Crippen LogP contribution in [-0.4, -0.2) is 30.2 Å². The highest BCUT2D eigenvalue weighted by molar-refractivity contribution is 5.97. The van der Waals surface area contributed by atoms with Gasteiger partial charge < -0.3 is 14.8 Å². The summed E-state index contributed by atoms with van der Waals surface area (Å²) in [6.07, 6.45) is 4.81. The van der Waals surface area contributed by atoms with E-state index in [-0.39, 0.29) is 5.91 Å². The number of carbonyl (C=O) groups excluding carboxylic acids is 1. The van der Waals surface area contributed by atoms with Gasteiger partial charge in [0.15, 0.2) is 0 Å². The Morgan fingerprint density at radius 3 is 2.57 bits per heavy atom. The number of hydrogen-bond acceptors (Lipinski definition) is 4. The molecule has 0 radical (unpaired) electrons. The Balaban J connectivity index is 2.74. The number of nitrogens with one attached hydrogen (secondary N) is 1. The lowest BCUT2D eigenvalue weighted by Crippen LogP contribution is -2.42. The molecule has 1 aromatic heterocycles. The zero-order chi connectivity index (χ0) is 17.3. The summed E-state index contributed by atoms with van der Waals surface area (Å²) in [5.41, 5.74) is 0.607. The van der Waals surface area contributed by atoms with Crippen molar-refractivity contribution in [3.63, 3.8) is 0 Å². The standard InChI is InChI=1S/C18H30N2O3/c1-6-8-9-12-18(4,22-5)17(21)20-15-10-11-16(19-14(15)3)23-13-7-2/h10-11H,6-9,12-13H2,1-5H3,(H,20,21). The second-order valence-corrected chi connectivity index (χ2v) is 5.98. The van der Waals surface area contributed by atoms with Gasteiger partial charge in [0, 0.05) is 13.2 Å². The number of amides is 1. The monoisotopic (exact) mass is 322 g/mol. The average Bonchev–Trinajstić information content (AvgIpc) is 2.55. The van der Waals surface area contributed by atoms with Gasteiger partial charge in [-0.3, -0.25) is 4.79 Å². The number of carbonyl (C=O) groups is 1. The van der Waals surface area contributed by atoms with Gasteiger partial charge in [-0.15, -0.1) is 0 Å². The lowest BCUT2D eigenvalue weighted by molar-refractivity contribution is -0.136. The largest absolute Gasteiger partial charge is 0.478 e. The Morgan fingerprint density at radius 2 is 2.00 bits per heavy atom. The van der Waals surface area contributed by atoms with Crippen LogP contribution in [-0.2, 0) is 9.53 Å². The second-order valence-electron chi connectivity index (χ2n) is 5.98. The summed E-state index contributed by atoms with van der Waals surface area (Å²) in [6.45, 7) is 8.51. The normalized spacial score (nSPS) is 13.4. The Hall–Kier alpha value is -1.62. The third kappa shape index (κ3) is 5.82. The summed E-state index contributed by atoms with van der Waals surface area (Å²) >= 11 is 0. The lowest BCUT2D eigenvalue weighted by Gasteiger charge is -2.27. The minimum Gasteiger partial charge on any atom is -0.478 e. The molecule has 0 fully saturated rings. The van der Waals surface area contributed by atoms with E-state index in [1.807, 2.05) is 26.8 Å². The fourth-order valence-electron chi connectivity index (χ4n) is 2.23. The first-order valence-corrected chi connectivity index (χ1v) is 8.43. The van der Waals surface area contributed by atoms with Gasteiger partial charge >= 0.3 is 0 Å². The molecular formula is C18H30N2O3. The lowest BCUT2D eigenvalue weighted by atomic mass is 9.97. The molecule has 5 heteroatoms. The topological polar surface area (TPSA) is 60.5 Å². The average molecular weight is 322 g/mol. The van der Waals surface area contributed by atoms with Crippen LogP contribution in [0.15, 0.2) is 12.1 Å². The van der Waals surface area contributed by atoms with Crippen molar-refractivity contribution in [1.82, 2.24) is 4.98 Å². The van der Waals surface area contributed by atoms with Crippen molar-refractivity contribution in [2.24, 2.45) is 0 Å². The van der Waals surface area contributed by atoms with E-state index in [4.69, 9.17) is 9.47 Å². The summed E-state index contributed by atoms with van der Waals surface area (Å²) in [4.78, 5) is 16.9. The van der Waals surface area contributed by atoms with Crippen LogP contribution in [0.3, 0.4) is 0 Å². The fourth-order valence-corrected chi connectivity index (χ4v) is 2.23. The molecular weight excluding hydrogens is 292 g/mol. The van der Waals surface area contributed by atoms with E-state index in [1.54, 1.807) is 13.2 Å². The summed E-state index contributed by atoms with van der Waals surface area (Å²) in [5.74, 6) is 0.447. The van der Waals surface area contributed by atoms with Crippen molar-refractivity contribution in [3.8, 4) is 5.88 Å². The van der Waals surface area contributed by atoms with E-state index in [0.29, 0.717) is 24.6 Å². The second kappa shape index (κ2) is 9.50. The maximum absolute atomic E-state index is 12.6. The van der Waals surface area contributed by atoms with Gasteiger partial charge in [-0.25, -0.2) is 4.98 Å². The molecule has 5 nitrogen and oxygen atoms in total. The molecule has 0 bridgehead atoms. The van der Waals surface area contributed by atoms with E-state index >= 15 is 0 Å². The predicted molar refractivity (Wildman–Crippen MR) is 92.9 cm³/mol. The summed E-state index contributed by atoms with van der Waals surface area (Å²) in [6, 6.07) is 3.60. The third-order valence-corrected chi connectivity index (χ3v) is 3.95. The number of methoxy groups -OCH3 is 1. The first kappa shape index (κ1) is 19.4. The van der Waals surface area contributed by atoms with Crippen LogP contribution in [0.25, 0.3) is 0 Å². The zero-order valence-corrected chi connectivity index (χ0v) is 15.1. The van der Waals surface area contributed by atoms with Crippen LogP contribution < -0.4 is 10.1 Å². The fraction of sp³-hybridized carbons (Fsp3) is 0.667. The molecule has 0 aliphatic rings. The molecule has 1 unspecified atom stereocenters. The van der Waals surface area contributed by atoms with E-state index in [9.17, 15) is 4.79 Å². The van der Waals surface area contributed by atoms with Gasteiger partial charge in [-0.2, -0.15) is 0 Å². The van der Waals surface area contributed by atoms with Crippen molar-refractivity contribution >= 4 is 11.6 Å². The molecule has 1 rings (SSSR count). The minimum absolute atomic E-state index is 0.136. The first-order chi connectivity index (χ1) is 11.0. The predicted octanol–water partition coefficient (Wildman–Crippen LogP) is 4.10. The number of ether oxygens (including phenoxy) is 2. The van der Waals surface area contributed by atoms with Crippen molar-refractivity contribution in [2.45, 2.75) is 65.4 Å². The molecule has 0 aliphatic heterocycles. The van der Waals surface area contributed by atoms with Crippen LogP contribution in [0.2, 0.25) is 0 Å². The van der Waals surface area contributed by atoms with Gasteiger partial charge in [-0.05, 0) is 32.8 Å². The number of unbranched alkanes of at least 4 members (excludes halogenated alkanes) is 2. The summed E-state index contributed by atoms with van der Waals surface area (Å²) in [5, 5.41) is 2.93. The number of aromatic nitrogens is 1. The molecule has 1 amide bonds. The molecule has 130 valence electrons. The minimum atomic E-state index is -0.820. The van der Waals surface area contributed by atoms with Crippen LogP contribution in [0.5, 0.6) is 5.88 Å². The quantitative estimate of drug-likeness (QED) is 0.659. The third-order valence-electron chi connectivity index (χ3n) is 3.95. The number of hydrogen-bond donors (Lipinski definition) is 1. The Morgan fingerprint density at radius 1 is 1.26 bits per heavy atom. The van der Waals surface area contributed by atoms with E-state index < -0.39 is 5.60 Å². The van der Waals surface area contributed by atoms with Crippen LogP contribution in [0, 0.1) is 6.92 Å². The molecule has 23 heavy (non-hydrogen) atoms. The molecule has 1 heterocycles. The van der Waals surface area contributed by atoms with Crippen molar-refractivity contribution in [2.75, 3.05) is 19.0 Å². The maximum Gasteiger partial charge on any atom is 0.256 e.